The van der Waals surface area contributed by atoms with Crippen LogP contribution in [0.5, 0.6) is 0 Å². The minimum absolute atomic E-state index is 0.0233. The van der Waals surface area contributed by atoms with E-state index in [1.54, 1.807) is 0 Å². The van der Waals surface area contributed by atoms with E-state index in [9.17, 15) is 27.6 Å². The number of aryl methyl sites for hydroxylation is 1. The van der Waals surface area contributed by atoms with Crippen molar-refractivity contribution in [3.8, 4) is 0 Å². The van der Waals surface area contributed by atoms with E-state index in [0.717, 1.165) is 10.7 Å². The maximum absolute atomic E-state index is 12.7. The number of hydrogen-bond acceptors (Lipinski definition) is 4. The van der Waals surface area contributed by atoms with Crippen molar-refractivity contribution < 1.29 is 27.6 Å². The Morgan fingerprint density at radius 3 is 2.46 bits per heavy atom. The number of halogens is 3. The summed E-state index contributed by atoms with van der Waals surface area (Å²) in [6, 6.07) is 0.0357. The first-order chi connectivity index (χ1) is 12.0. The molecule has 0 aliphatic carbocycles. The molecule has 2 rings (SSSR count). The van der Waals surface area contributed by atoms with Crippen molar-refractivity contribution in [3.05, 3.63) is 17.5 Å². The van der Waals surface area contributed by atoms with E-state index in [0.29, 0.717) is 0 Å². The predicted octanol–water partition coefficient (Wildman–Crippen LogP) is 0.0156. The lowest BCUT2D eigenvalue weighted by molar-refractivity contribution is -0.147. The first-order valence-corrected chi connectivity index (χ1v) is 7.92. The van der Waals surface area contributed by atoms with Gasteiger partial charge in [0.1, 0.15) is 12.6 Å². The molecular weight excluding hydrogens is 355 g/mol. The molecule has 0 bridgehead atoms. The zero-order valence-corrected chi connectivity index (χ0v) is 14.6. The molecular formula is C15H20F3N5O3. The van der Waals surface area contributed by atoms with Crippen LogP contribution in [0.15, 0.2) is 6.07 Å². The maximum Gasteiger partial charge on any atom is 0.435 e. The van der Waals surface area contributed by atoms with Crippen LogP contribution >= 0.6 is 0 Å². The Hall–Kier alpha value is -2.59. The molecule has 1 unspecified atom stereocenters. The van der Waals surface area contributed by atoms with E-state index in [4.69, 9.17) is 0 Å². The predicted molar refractivity (Wildman–Crippen MR) is 83.8 cm³/mol. The van der Waals surface area contributed by atoms with Gasteiger partial charge in [-0.15, -0.1) is 0 Å². The molecule has 1 N–H and O–H groups in total. The van der Waals surface area contributed by atoms with Gasteiger partial charge in [0.2, 0.25) is 17.7 Å². The SMILES string of the molecule is CNC(=O)C1CN(C(=O)Cn2nc(C(F)(F)F)cc2C)CCN1C(C)=O. The molecule has 11 heteroatoms. The quantitative estimate of drug-likeness (QED) is 0.807. The summed E-state index contributed by atoms with van der Waals surface area (Å²) in [6.07, 6.45) is -4.59. The molecule has 1 aromatic rings. The molecule has 3 amide bonds. The highest BCUT2D eigenvalue weighted by molar-refractivity contribution is 5.88. The summed E-state index contributed by atoms with van der Waals surface area (Å²) in [7, 11) is 1.42. The molecule has 0 aromatic carbocycles. The van der Waals surface area contributed by atoms with Crippen molar-refractivity contribution in [1.29, 1.82) is 0 Å². The summed E-state index contributed by atoms with van der Waals surface area (Å²) in [4.78, 5) is 38.8. The first kappa shape index (κ1) is 19.7. The zero-order valence-electron chi connectivity index (χ0n) is 14.6. The standard InChI is InChI=1S/C15H20F3N5O3/c1-9-6-12(15(16,17)18)20-23(9)8-13(25)21-4-5-22(10(2)24)11(7-21)14(26)19-3/h6,11H,4-5,7-8H2,1-3H3,(H,19,26). The minimum atomic E-state index is -4.59. The molecule has 8 nitrogen and oxygen atoms in total. The third-order valence-electron chi connectivity index (χ3n) is 4.24. The highest BCUT2D eigenvalue weighted by Gasteiger charge is 2.37. The highest BCUT2D eigenvalue weighted by Crippen LogP contribution is 2.28. The van der Waals surface area contributed by atoms with Crippen LogP contribution in [0.2, 0.25) is 0 Å². The fourth-order valence-electron chi connectivity index (χ4n) is 2.81. The number of rotatable bonds is 3. The van der Waals surface area contributed by atoms with Crippen LogP contribution in [-0.4, -0.2) is 70.0 Å². The van der Waals surface area contributed by atoms with E-state index in [1.807, 2.05) is 0 Å². The number of piperazine rings is 1. The van der Waals surface area contributed by atoms with Gasteiger partial charge in [-0.05, 0) is 13.0 Å². The molecule has 1 saturated heterocycles. The fraction of sp³-hybridized carbons (Fsp3) is 0.600. The highest BCUT2D eigenvalue weighted by atomic mass is 19.4. The number of carbonyl (C=O) groups excluding carboxylic acids is 3. The van der Waals surface area contributed by atoms with Crippen LogP contribution in [0.4, 0.5) is 13.2 Å². The van der Waals surface area contributed by atoms with Crippen molar-refractivity contribution in [2.24, 2.45) is 0 Å². The van der Waals surface area contributed by atoms with Gasteiger partial charge in [-0.2, -0.15) is 18.3 Å². The average Bonchev–Trinajstić information content (AvgIpc) is 2.94. The van der Waals surface area contributed by atoms with E-state index >= 15 is 0 Å². The Morgan fingerprint density at radius 2 is 1.96 bits per heavy atom. The number of nitrogens with one attached hydrogen (secondary N) is 1. The van der Waals surface area contributed by atoms with Crippen molar-refractivity contribution >= 4 is 17.7 Å². The van der Waals surface area contributed by atoms with Crippen molar-refractivity contribution in [1.82, 2.24) is 24.9 Å². The van der Waals surface area contributed by atoms with Gasteiger partial charge in [-0.25, -0.2) is 0 Å². The first-order valence-electron chi connectivity index (χ1n) is 7.92. The number of aromatic nitrogens is 2. The number of likely N-dealkylation sites (N-methyl/N-ethyl adjacent to an activating group) is 1. The number of alkyl halides is 3. The number of carbonyl (C=O) groups is 3. The van der Waals surface area contributed by atoms with E-state index < -0.39 is 29.7 Å². The van der Waals surface area contributed by atoms with Crippen LogP contribution in [0.3, 0.4) is 0 Å². The van der Waals surface area contributed by atoms with Crippen molar-refractivity contribution in [2.75, 3.05) is 26.7 Å². The van der Waals surface area contributed by atoms with Gasteiger partial charge < -0.3 is 15.1 Å². The van der Waals surface area contributed by atoms with Gasteiger partial charge in [-0.1, -0.05) is 0 Å². The molecule has 1 aliphatic rings. The lowest BCUT2D eigenvalue weighted by Gasteiger charge is -2.40. The molecule has 0 saturated carbocycles. The third-order valence-corrected chi connectivity index (χ3v) is 4.24. The summed E-state index contributed by atoms with van der Waals surface area (Å²) in [5.41, 5.74) is -0.858. The van der Waals surface area contributed by atoms with Crippen LogP contribution in [-0.2, 0) is 27.1 Å². The van der Waals surface area contributed by atoms with Gasteiger partial charge in [0.15, 0.2) is 5.69 Å². The Labute approximate surface area is 147 Å². The fourth-order valence-corrected chi connectivity index (χ4v) is 2.81. The molecule has 26 heavy (non-hydrogen) atoms. The second kappa shape index (κ2) is 7.34. The summed E-state index contributed by atoms with van der Waals surface area (Å²) in [5, 5.41) is 5.87. The minimum Gasteiger partial charge on any atom is -0.357 e. The molecule has 1 atom stereocenters. The zero-order chi connectivity index (χ0) is 19.6. The van der Waals surface area contributed by atoms with Crippen LogP contribution in [0.1, 0.15) is 18.3 Å². The van der Waals surface area contributed by atoms with E-state index in [-0.39, 0.29) is 37.8 Å². The second-order valence-electron chi connectivity index (χ2n) is 6.01. The molecule has 1 fully saturated rings. The summed E-state index contributed by atoms with van der Waals surface area (Å²) in [5.74, 6) is -1.17. The number of amides is 3. The smallest absolute Gasteiger partial charge is 0.357 e. The summed E-state index contributed by atoms with van der Waals surface area (Å²) < 4.78 is 39.1. The topological polar surface area (TPSA) is 87.5 Å². The van der Waals surface area contributed by atoms with Gasteiger partial charge in [0.25, 0.3) is 0 Å². The van der Waals surface area contributed by atoms with Gasteiger partial charge >= 0.3 is 6.18 Å². The Morgan fingerprint density at radius 1 is 1.31 bits per heavy atom. The lowest BCUT2D eigenvalue weighted by atomic mass is 10.1. The molecule has 0 spiro atoms. The summed E-state index contributed by atoms with van der Waals surface area (Å²) >= 11 is 0. The number of nitrogens with zero attached hydrogens (tertiary/aromatic N) is 4. The monoisotopic (exact) mass is 375 g/mol. The maximum atomic E-state index is 12.7. The van der Waals surface area contributed by atoms with E-state index in [1.165, 1.54) is 30.7 Å². The largest absolute Gasteiger partial charge is 0.435 e. The third kappa shape index (κ3) is 4.14. The molecule has 1 aromatic heterocycles. The van der Waals surface area contributed by atoms with Gasteiger partial charge in [0.05, 0.1) is 6.54 Å². The Bertz CT molecular complexity index is 716. The van der Waals surface area contributed by atoms with Gasteiger partial charge in [0, 0.05) is 32.8 Å². The lowest BCUT2D eigenvalue weighted by Crippen LogP contribution is -2.61. The van der Waals surface area contributed by atoms with E-state index in [2.05, 4.69) is 10.4 Å². The molecule has 0 radical (unpaired) electrons. The van der Waals surface area contributed by atoms with Crippen LogP contribution < -0.4 is 5.32 Å². The Kier molecular flexibility index (Phi) is 5.57. The Balaban J connectivity index is 2.12. The van der Waals surface area contributed by atoms with Gasteiger partial charge in [-0.3, -0.25) is 19.1 Å². The van der Waals surface area contributed by atoms with Crippen LogP contribution in [0, 0.1) is 6.92 Å². The summed E-state index contributed by atoms with van der Waals surface area (Å²) in [6.45, 7) is 2.73. The molecule has 144 valence electrons. The normalized spacial score (nSPS) is 18.0. The second-order valence-corrected chi connectivity index (χ2v) is 6.01. The molecule has 1 aliphatic heterocycles. The molecule has 2 heterocycles. The number of hydrogen-bond donors (Lipinski definition) is 1. The van der Waals surface area contributed by atoms with Crippen LogP contribution in [0.25, 0.3) is 0 Å². The average molecular weight is 375 g/mol. The van der Waals surface area contributed by atoms with Crippen molar-refractivity contribution in [3.63, 3.8) is 0 Å². The van der Waals surface area contributed by atoms with Crippen molar-refractivity contribution in [2.45, 2.75) is 32.6 Å².